The number of aromatic carboxylic acids is 1. The highest BCUT2D eigenvalue weighted by atomic mass is 35.5. The standard InChI is InChI=1S/C10H10ClN3O2/c1-4-3-14-8(12)7(11)5(2)6(10(15)16)9(14)13-4/h3H,12H2,1-2H3,(H,15,16). The minimum absolute atomic E-state index is 0.0901. The molecule has 0 spiro atoms. The molecule has 2 heterocycles. The number of hydrogen-bond acceptors (Lipinski definition) is 3. The van der Waals surface area contributed by atoms with Gasteiger partial charge in [-0.3, -0.25) is 4.40 Å². The Balaban J connectivity index is 3.02. The molecule has 6 heteroatoms. The monoisotopic (exact) mass is 239 g/mol. The highest BCUT2D eigenvalue weighted by Crippen LogP contribution is 2.29. The van der Waals surface area contributed by atoms with Crippen LogP contribution in [0, 0.1) is 13.8 Å². The molecular weight excluding hydrogens is 230 g/mol. The number of nitrogen functional groups attached to an aromatic ring is 1. The quantitative estimate of drug-likeness (QED) is 0.796. The lowest BCUT2D eigenvalue weighted by atomic mass is 10.1. The van der Waals surface area contributed by atoms with Crippen LogP contribution in [0.4, 0.5) is 5.82 Å². The second-order valence-corrected chi connectivity index (χ2v) is 3.96. The summed E-state index contributed by atoms with van der Waals surface area (Å²) in [4.78, 5) is 15.3. The van der Waals surface area contributed by atoms with Gasteiger partial charge in [-0.1, -0.05) is 11.6 Å². The molecule has 0 bridgehead atoms. The highest BCUT2D eigenvalue weighted by molar-refractivity contribution is 6.34. The Morgan fingerprint density at radius 2 is 2.19 bits per heavy atom. The summed E-state index contributed by atoms with van der Waals surface area (Å²) in [5.74, 6) is -0.755. The topological polar surface area (TPSA) is 80.6 Å². The molecule has 2 aromatic heterocycles. The van der Waals surface area contributed by atoms with Gasteiger partial charge in [0.15, 0.2) is 5.65 Å². The minimum Gasteiger partial charge on any atom is -0.478 e. The van der Waals surface area contributed by atoms with E-state index in [-0.39, 0.29) is 10.6 Å². The Morgan fingerprint density at radius 1 is 1.56 bits per heavy atom. The van der Waals surface area contributed by atoms with Crippen LogP contribution < -0.4 is 5.73 Å². The van der Waals surface area contributed by atoms with Crippen molar-refractivity contribution in [2.75, 3.05) is 5.73 Å². The van der Waals surface area contributed by atoms with Crippen molar-refractivity contribution >= 4 is 29.0 Å². The van der Waals surface area contributed by atoms with Crippen LogP contribution in [-0.2, 0) is 0 Å². The fraction of sp³-hybridized carbons (Fsp3) is 0.200. The van der Waals surface area contributed by atoms with Crippen LogP contribution in [0.5, 0.6) is 0 Å². The molecule has 0 aliphatic carbocycles. The first-order valence-electron chi connectivity index (χ1n) is 4.60. The number of rotatable bonds is 1. The number of fused-ring (bicyclic) bond motifs is 1. The number of aromatic nitrogens is 2. The van der Waals surface area contributed by atoms with Crippen molar-refractivity contribution in [2.45, 2.75) is 13.8 Å². The average molecular weight is 240 g/mol. The lowest BCUT2D eigenvalue weighted by molar-refractivity contribution is 0.0697. The maximum absolute atomic E-state index is 11.2. The van der Waals surface area contributed by atoms with Gasteiger partial charge in [0, 0.05) is 6.20 Å². The SMILES string of the molecule is Cc1cn2c(N)c(Cl)c(C)c(C(=O)O)c2n1. The molecule has 84 valence electrons. The van der Waals surface area contributed by atoms with E-state index in [1.54, 1.807) is 20.0 Å². The molecule has 0 fully saturated rings. The van der Waals surface area contributed by atoms with E-state index in [0.29, 0.717) is 22.7 Å². The predicted octanol–water partition coefficient (Wildman–Crippen LogP) is 1.88. The number of imidazole rings is 1. The van der Waals surface area contributed by atoms with E-state index in [4.69, 9.17) is 22.4 Å². The van der Waals surface area contributed by atoms with Gasteiger partial charge < -0.3 is 10.8 Å². The van der Waals surface area contributed by atoms with Gasteiger partial charge in [-0.05, 0) is 19.4 Å². The summed E-state index contributed by atoms with van der Waals surface area (Å²) in [5.41, 5.74) is 7.34. The van der Waals surface area contributed by atoms with Crippen LogP contribution in [0.25, 0.3) is 5.65 Å². The zero-order valence-electron chi connectivity index (χ0n) is 8.78. The molecule has 0 amide bonds. The number of nitrogens with two attached hydrogens (primary N) is 1. The first-order chi connectivity index (χ1) is 7.43. The van der Waals surface area contributed by atoms with E-state index in [1.165, 1.54) is 4.40 Å². The Bertz CT molecular complexity index is 604. The van der Waals surface area contributed by atoms with Gasteiger partial charge in [-0.2, -0.15) is 0 Å². The molecule has 0 unspecified atom stereocenters. The van der Waals surface area contributed by atoms with Crippen LogP contribution in [0.1, 0.15) is 21.6 Å². The Hall–Kier alpha value is -1.75. The van der Waals surface area contributed by atoms with Crippen molar-refractivity contribution in [1.29, 1.82) is 0 Å². The summed E-state index contributed by atoms with van der Waals surface area (Å²) < 4.78 is 1.49. The molecular formula is C10H10ClN3O2. The number of pyridine rings is 1. The summed E-state index contributed by atoms with van der Waals surface area (Å²) in [6.07, 6.45) is 1.66. The zero-order chi connectivity index (χ0) is 12.0. The van der Waals surface area contributed by atoms with E-state index in [1.807, 2.05) is 0 Å². The van der Waals surface area contributed by atoms with Crippen LogP contribution in [-0.4, -0.2) is 20.5 Å². The Labute approximate surface area is 96.5 Å². The number of halogens is 1. The fourth-order valence-electron chi connectivity index (χ4n) is 1.69. The molecule has 0 saturated carbocycles. The summed E-state index contributed by atoms with van der Waals surface area (Å²) in [5, 5.41) is 9.39. The maximum atomic E-state index is 11.2. The molecule has 0 aromatic carbocycles. The van der Waals surface area contributed by atoms with E-state index in [9.17, 15) is 4.79 Å². The van der Waals surface area contributed by atoms with Gasteiger partial charge in [0.25, 0.3) is 0 Å². The third-order valence-electron chi connectivity index (χ3n) is 2.45. The van der Waals surface area contributed by atoms with Crippen LogP contribution in [0.15, 0.2) is 6.20 Å². The molecule has 0 aliphatic heterocycles. The van der Waals surface area contributed by atoms with Crippen molar-refractivity contribution in [2.24, 2.45) is 0 Å². The normalized spacial score (nSPS) is 10.9. The maximum Gasteiger partial charge on any atom is 0.339 e. The molecule has 0 atom stereocenters. The molecule has 0 aliphatic rings. The number of aryl methyl sites for hydroxylation is 1. The van der Waals surface area contributed by atoms with Gasteiger partial charge in [0.1, 0.15) is 11.4 Å². The first kappa shape index (κ1) is 10.8. The summed E-state index contributed by atoms with van der Waals surface area (Å²) in [7, 11) is 0. The molecule has 16 heavy (non-hydrogen) atoms. The summed E-state index contributed by atoms with van der Waals surface area (Å²) in [6, 6.07) is 0. The Kier molecular flexibility index (Phi) is 2.27. The number of nitrogens with zero attached hydrogens (tertiary/aromatic N) is 2. The number of anilines is 1. The second-order valence-electron chi connectivity index (χ2n) is 3.58. The third kappa shape index (κ3) is 1.32. The molecule has 2 aromatic rings. The Morgan fingerprint density at radius 3 is 2.75 bits per heavy atom. The van der Waals surface area contributed by atoms with Crippen molar-refractivity contribution in [3.63, 3.8) is 0 Å². The lowest BCUT2D eigenvalue weighted by Gasteiger charge is -2.09. The molecule has 5 nitrogen and oxygen atoms in total. The third-order valence-corrected chi connectivity index (χ3v) is 2.93. The lowest BCUT2D eigenvalue weighted by Crippen LogP contribution is -2.08. The summed E-state index contributed by atoms with van der Waals surface area (Å²) in [6.45, 7) is 3.38. The van der Waals surface area contributed by atoms with Crippen LogP contribution >= 0.6 is 11.6 Å². The highest BCUT2D eigenvalue weighted by Gasteiger charge is 2.20. The van der Waals surface area contributed by atoms with Crippen LogP contribution in [0.3, 0.4) is 0 Å². The minimum atomic E-state index is -1.06. The second kappa shape index (κ2) is 3.38. The fourth-order valence-corrected chi connectivity index (χ4v) is 1.87. The number of carboxylic acids is 1. The van der Waals surface area contributed by atoms with E-state index in [0.717, 1.165) is 0 Å². The van der Waals surface area contributed by atoms with Crippen LogP contribution in [0.2, 0.25) is 5.02 Å². The number of hydrogen-bond donors (Lipinski definition) is 2. The van der Waals surface area contributed by atoms with E-state index in [2.05, 4.69) is 4.98 Å². The van der Waals surface area contributed by atoms with Crippen molar-refractivity contribution in [3.8, 4) is 0 Å². The number of carbonyl (C=O) groups is 1. The smallest absolute Gasteiger partial charge is 0.339 e. The molecule has 2 rings (SSSR count). The van der Waals surface area contributed by atoms with Gasteiger partial charge in [0.05, 0.1) is 10.7 Å². The van der Waals surface area contributed by atoms with Gasteiger partial charge in [-0.25, -0.2) is 9.78 Å². The van der Waals surface area contributed by atoms with Crippen molar-refractivity contribution in [1.82, 2.24) is 9.38 Å². The van der Waals surface area contributed by atoms with Crippen molar-refractivity contribution < 1.29 is 9.90 Å². The first-order valence-corrected chi connectivity index (χ1v) is 4.97. The van der Waals surface area contributed by atoms with Gasteiger partial charge in [-0.15, -0.1) is 0 Å². The van der Waals surface area contributed by atoms with Crippen molar-refractivity contribution in [3.05, 3.63) is 28.0 Å². The molecule has 0 radical (unpaired) electrons. The molecule has 0 saturated heterocycles. The van der Waals surface area contributed by atoms with Gasteiger partial charge in [0.2, 0.25) is 0 Å². The van der Waals surface area contributed by atoms with E-state index >= 15 is 0 Å². The summed E-state index contributed by atoms with van der Waals surface area (Å²) >= 11 is 5.98. The predicted molar refractivity (Wildman–Crippen MR) is 61.0 cm³/mol. The average Bonchev–Trinajstić information content (AvgIpc) is 2.56. The zero-order valence-corrected chi connectivity index (χ0v) is 9.54. The number of carboxylic acid groups (broad SMARTS) is 1. The largest absolute Gasteiger partial charge is 0.478 e. The van der Waals surface area contributed by atoms with E-state index < -0.39 is 5.97 Å². The molecule has 3 N–H and O–H groups in total. The van der Waals surface area contributed by atoms with Gasteiger partial charge >= 0.3 is 5.97 Å².